The Morgan fingerprint density at radius 1 is 1.27 bits per heavy atom. The normalized spacial score (nSPS) is 30.2. The molecule has 0 spiro atoms. The molecule has 0 saturated heterocycles. The van der Waals surface area contributed by atoms with Crippen LogP contribution in [0, 0.1) is 5.92 Å². The van der Waals surface area contributed by atoms with E-state index in [0.29, 0.717) is 12.0 Å². The molecule has 1 aliphatic carbocycles. The third kappa shape index (κ3) is 4.12. The van der Waals surface area contributed by atoms with Gasteiger partial charge in [0.05, 0.1) is 17.8 Å². The minimum absolute atomic E-state index is 0.0162. The maximum Gasteiger partial charge on any atom is 0.0627 e. The van der Waals surface area contributed by atoms with E-state index in [2.05, 4.69) is 20.8 Å². The van der Waals surface area contributed by atoms with Gasteiger partial charge in [-0.1, -0.05) is 6.92 Å². The van der Waals surface area contributed by atoms with Gasteiger partial charge in [-0.05, 0) is 58.8 Å². The van der Waals surface area contributed by atoms with Crippen molar-refractivity contribution in [3.8, 4) is 0 Å². The van der Waals surface area contributed by atoms with Gasteiger partial charge in [-0.15, -0.1) is 0 Å². The zero-order valence-corrected chi connectivity index (χ0v) is 10.6. The van der Waals surface area contributed by atoms with Crippen LogP contribution in [0.25, 0.3) is 0 Å². The van der Waals surface area contributed by atoms with Crippen LogP contribution in [0.3, 0.4) is 0 Å². The lowest BCUT2D eigenvalue weighted by atomic mass is 9.84. The molecule has 15 heavy (non-hydrogen) atoms. The van der Waals surface area contributed by atoms with Crippen LogP contribution in [0.5, 0.6) is 0 Å². The van der Waals surface area contributed by atoms with Crippen LogP contribution in [0.15, 0.2) is 0 Å². The van der Waals surface area contributed by atoms with Crippen molar-refractivity contribution in [3.63, 3.8) is 0 Å². The fraction of sp³-hybridized carbons (Fsp3) is 1.00. The lowest BCUT2D eigenvalue weighted by Crippen LogP contribution is -2.34. The van der Waals surface area contributed by atoms with Gasteiger partial charge >= 0.3 is 0 Å². The van der Waals surface area contributed by atoms with Crippen molar-refractivity contribution in [2.24, 2.45) is 5.92 Å². The molecule has 0 radical (unpaired) electrons. The van der Waals surface area contributed by atoms with Crippen molar-refractivity contribution < 1.29 is 9.84 Å². The molecule has 1 aliphatic rings. The molecule has 1 saturated carbocycles. The summed E-state index contributed by atoms with van der Waals surface area (Å²) in [4.78, 5) is 0. The molecule has 1 N–H and O–H groups in total. The largest absolute Gasteiger partial charge is 0.393 e. The smallest absolute Gasteiger partial charge is 0.0627 e. The number of hydrogen-bond acceptors (Lipinski definition) is 2. The summed E-state index contributed by atoms with van der Waals surface area (Å²) < 4.78 is 6.07. The van der Waals surface area contributed by atoms with Gasteiger partial charge in [-0.3, -0.25) is 0 Å². The highest BCUT2D eigenvalue weighted by atomic mass is 16.5. The van der Waals surface area contributed by atoms with E-state index in [9.17, 15) is 5.11 Å². The van der Waals surface area contributed by atoms with E-state index < -0.39 is 0 Å². The molecule has 0 aromatic rings. The third-order valence-electron chi connectivity index (χ3n) is 3.74. The fourth-order valence-corrected chi connectivity index (χ4v) is 2.22. The van der Waals surface area contributed by atoms with Crippen LogP contribution in [0.1, 0.15) is 59.8 Å². The van der Waals surface area contributed by atoms with Gasteiger partial charge in [-0.2, -0.15) is 0 Å². The lowest BCUT2D eigenvalue weighted by Gasteiger charge is -2.35. The topological polar surface area (TPSA) is 29.5 Å². The lowest BCUT2D eigenvalue weighted by molar-refractivity contribution is -0.0951. The van der Waals surface area contributed by atoms with Crippen LogP contribution in [-0.4, -0.2) is 22.9 Å². The molecular formula is C13H26O2. The van der Waals surface area contributed by atoms with E-state index >= 15 is 0 Å². The van der Waals surface area contributed by atoms with Gasteiger partial charge in [0.25, 0.3) is 0 Å². The number of aliphatic hydroxyl groups excluding tert-OH is 1. The zero-order valence-electron chi connectivity index (χ0n) is 10.6. The molecule has 2 heteroatoms. The molecule has 1 fully saturated rings. The molecular weight excluding hydrogens is 188 g/mol. The van der Waals surface area contributed by atoms with Crippen molar-refractivity contribution in [1.82, 2.24) is 0 Å². The van der Waals surface area contributed by atoms with Gasteiger partial charge in [-0.25, -0.2) is 0 Å². The highest BCUT2D eigenvalue weighted by Crippen LogP contribution is 2.31. The van der Waals surface area contributed by atoms with Gasteiger partial charge < -0.3 is 9.84 Å². The molecule has 0 bridgehead atoms. The Labute approximate surface area is 94.0 Å². The van der Waals surface area contributed by atoms with Gasteiger partial charge in [0.15, 0.2) is 0 Å². The minimum Gasteiger partial charge on any atom is -0.393 e. The van der Waals surface area contributed by atoms with E-state index in [-0.39, 0.29) is 11.7 Å². The van der Waals surface area contributed by atoms with E-state index in [1.807, 2.05) is 6.92 Å². The highest BCUT2D eigenvalue weighted by Gasteiger charge is 2.28. The molecule has 0 heterocycles. The fourth-order valence-electron chi connectivity index (χ4n) is 2.22. The highest BCUT2D eigenvalue weighted by molar-refractivity contribution is 4.78. The Kier molecular flexibility index (Phi) is 4.60. The first kappa shape index (κ1) is 13.0. The van der Waals surface area contributed by atoms with Crippen LogP contribution in [0.4, 0.5) is 0 Å². The third-order valence-corrected chi connectivity index (χ3v) is 3.74. The standard InChI is InChI=1S/C13H26O2/c1-5-13(3,4)15-12-8-6-11(7-9-12)10(2)14/h10-12,14H,5-9H2,1-4H3. The Balaban J connectivity index is 2.32. The summed E-state index contributed by atoms with van der Waals surface area (Å²) >= 11 is 0. The zero-order chi connectivity index (χ0) is 11.5. The maximum atomic E-state index is 9.50. The molecule has 2 nitrogen and oxygen atoms in total. The molecule has 0 aromatic carbocycles. The van der Waals surface area contributed by atoms with Crippen molar-refractivity contribution in [2.45, 2.75) is 77.6 Å². The Bertz CT molecular complexity index is 179. The van der Waals surface area contributed by atoms with E-state index in [4.69, 9.17) is 4.74 Å². The summed E-state index contributed by atoms with van der Waals surface area (Å²) in [6.45, 7) is 8.39. The summed E-state index contributed by atoms with van der Waals surface area (Å²) in [5, 5.41) is 9.50. The monoisotopic (exact) mass is 214 g/mol. The molecule has 0 aliphatic heterocycles. The van der Waals surface area contributed by atoms with Crippen molar-refractivity contribution >= 4 is 0 Å². The number of rotatable bonds is 4. The van der Waals surface area contributed by atoms with Gasteiger partial charge in [0.1, 0.15) is 0 Å². The van der Waals surface area contributed by atoms with Crippen LogP contribution in [-0.2, 0) is 4.74 Å². The Hall–Kier alpha value is -0.0800. The maximum absolute atomic E-state index is 9.50. The summed E-state index contributed by atoms with van der Waals surface area (Å²) in [5.74, 6) is 0.495. The van der Waals surface area contributed by atoms with Crippen molar-refractivity contribution in [3.05, 3.63) is 0 Å². The average Bonchev–Trinajstić information content (AvgIpc) is 2.18. The van der Waals surface area contributed by atoms with Gasteiger partial charge in [0.2, 0.25) is 0 Å². The molecule has 1 atom stereocenters. The summed E-state index contributed by atoms with van der Waals surface area (Å²) in [7, 11) is 0. The quantitative estimate of drug-likeness (QED) is 0.779. The Morgan fingerprint density at radius 2 is 1.80 bits per heavy atom. The molecule has 90 valence electrons. The van der Waals surface area contributed by atoms with E-state index in [1.54, 1.807) is 0 Å². The predicted octanol–water partition coefficient (Wildman–Crippen LogP) is 3.13. The van der Waals surface area contributed by atoms with Crippen molar-refractivity contribution in [1.29, 1.82) is 0 Å². The number of hydrogen-bond donors (Lipinski definition) is 1. The first-order chi connectivity index (χ1) is 6.94. The predicted molar refractivity (Wildman–Crippen MR) is 62.9 cm³/mol. The van der Waals surface area contributed by atoms with Crippen molar-refractivity contribution in [2.75, 3.05) is 0 Å². The van der Waals surface area contributed by atoms with E-state index in [1.165, 1.54) is 0 Å². The average molecular weight is 214 g/mol. The van der Waals surface area contributed by atoms with E-state index in [0.717, 1.165) is 32.1 Å². The number of aliphatic hydroxyl groups is 1. The molecule has 0 aromatic heterocycles. The second-order valence-electron chi connectivity index (χ2n) is 5.51. The SMILES string of the molecule is CCC(C)(C)OC1CCC(C(C)O)CC1. The molecule has 1 unspecified atom stereocenters. The second kappa shape index (κ2) is 5.31. The number of ether oxygens (including phenoxy) is 1. The summed E-state index contributed by atoms with van der Waals surface area (Å²) in [5.41, 5.74) is 0.0162. The summed E-state index contributed by atoms with van der Waals surface area (Å²) in [6.07, 6.45) is 5.77. The van der Waals surface area contributed by atoms with Crippen LogP contribution in [0.2, 0.25) is 0 Å². The van der Waals surface area contributed by atoms with Crippen LogP contribution < -0.4 is 0 Å². The van der Waals surface area contributed by atoms with Gasteiger partial charge in [0, 0.05) is 0 Å². The molecule has 1 rings (SSSR count). The first-order valence-electron chi connectivity index (χ1n) is 6.30. The first-order valence-corrected chi connectivity index (χ1v) is 6.30. The second-order valence-corrected chi connectivity index (χ2v) is 5.51. The van der Waals surface area contributed by atoms with Crippen LogP contribution >= 0.6 is 0 Å². The minimum atomic E-state index is -0.148. The Morgan fingerprint density at radius 3 is 2.20 bits per heavy atom. The molecule has 0 amide bonds. The summed E-state index contributed by atoms with van der Waals surface area (Å²) in [6, 6.07) is 0.